The number of anilines is 1. The van der Waals surface area contributed by atoms with E-state index in [4.69, 9.17) is 5.73 Å². The molecule has 2 N–H and O–H groups in total. The van der Waals surface area contributed by atoms with Gasteiger partial charge in [-0.1, -0.05) is 6.08 Å². The molecule has 1 heterocycles. The molecule has 3 heteroatoms. The van der Waals surface area contributed by atoms with E-state index in [-0.39, 0.29) is 5.78 Å². The third-order valence-corrected chi connectivity index (χ3v) is 1.88. The van der Waals surface area contributed by atoms with Crippen molar-refractivity contribution in [2.24, 2.45) is 0 Å². The second-order valence-corrected chi connectivity index (χ2v) is 3.08. The van der Waals surface area contributed by atoms with Crippen LogP contribution in [0.2, 0.25) is 0 Å². The summed E-state index contributed by atoms with van der Waals surface area (Å²) in [5.74, 6) is 0.0619. The maximum absolute atomic E-state index is 11.5. The van der Waals surface area contributed by atoms with Gasteiger partial charge in [0.05, 0.1) is 11.9 Å². The van der Waals surface area contributed by atoms with Crippen molar-refractivity contribution in [2.75, 3.05) is 5.73 Å². The molecule has 0 radical (unpaired) electrons. The SMILES string of the molecule is C=CCCCC(=O)c1ccc(N)cn1. The average Bonchev–Trinajstić information content (AvgIpc) is 2.19. The second kappa shape index (κ2) is 5.17. The number of aromatic nitrogens is 1. The molecule has 0 aromatic carbocycles. The molecule has 1 aromatic heterocycles. The molecular weight excluding hydrogens is 176 g/mol. The molecule has 0 fully saturated rings. The van der Waals surface area contributed by atoms with E-state index in [9.17, 15) is 4.79 Å². The molecule has 0 saturated carbocycles. The number of hydrogen-bond donors (Lipinski definition) is 1. The molecule has 0 saturated heterocycles. The number of nitrogen functional groups attached to an aromatic ring is 1. The van der Waals surface area contributed by atoms with E-state index < -0.39 is 0 Å². The Kier molecular flexibility index (Phi) is 3.85. The lowest BCUT2D eigenvalue weighted by Crippen LogP contribution is -2.02. The first kappa shape index (κ1) is 10.4. The predicted molar refractivity (Wildman–Crippen MR) is 57.0 cm³/mol. The van der Waals surface area contributed by atoms with E-state index in [0.29, 0.717) is 17.8 Å². The third-order valence-electron chi connectivity index (χ3n) is 1.88. The Morgan fingerprint density at radius 2 is 2.36 bits per heavy atom. The van der Waals surface area contributed by atoms with Gasteiger partial charge < -0.3 is 5.73 Å². The van der Waals surface area contributed by atoms with Crippen molar-refractivity contribution in [1.82, 2.24) is 4.98 Å². The van der Waals surface area contributed by atoms with E-state index >= 15 is 0 Å². The van der Waals surface area contributed by atoms with Crippen LogP contribution in [-0.2, 0) is 0 Å². The van der Waals surface area contributed by atoms with Crippen LogP contribution in [0.25, 0.3) is 0 Å². The maximum Gasteiger partial charge on any atom is 0.181 e. The van der Waals surface area contributed by atoms with Crippen LogP contribution in [0.4, 0.5) is 5.69 Å². The monoisotopic (exact) mass is 190 g/mol. The highest BCUT2D eigenvalue weighted by atomic mass is 16.1. The molecule has 0 unspecified atom stereocenters. The fourth-order valence-corrected chi connectivity index (χ4v) is 1.11. The van der Waals surface area contributed by atoms with E-state index in [1.165, 1.54) is 6.20 Å². The zero-order valence-corrected chi connectivity index (χ0v) is 8.07. The number of unbranched alkanes of at least 4 members (excludes halogenated alkanes) is 1. The number of ketones is 1. The molecule has 0 bridgehead atoms. The Morgan fingerprint density at radius 3 is 2.93 bits per heavy atom. The third kappa shape index (κ3) is 3.01. The van der Waals surface area contributed by atoms with Crippen molar-refractivity contribution < 1.29 is 4.79 Å². The van der Waals surface area contributed by atoms with Crippen LogP contribution >= 0.6 is 0 Å². The van der Waals surface area contributed by atoms with Crippen LogP contribution in [0.15, 0.2) is 31.0 Å². The van der Waals surface area contributed by atoms with Crippen LogP contribution in [0.3, 0.4) is 0 Å². The van der Waals surface area contributed by atoms with Crippen LogP contribution in [0, 0.1) is 0 Å². The van der Waals surface area contributed by atoms with Gasteiger partial charge in [0.2, 0.25) is 0 Å². The Hall–Kier alpha value is -1.64. The fraction of sp³-hybridized carbons (Fsp3) is 0.273. The van der Waals surface area contributed by atoms with Gasteiger partial charge in [-0.05, 0) is 25.0 Å². The molecular formula is C11H14N2O. The quantitative estimate of drug-likeness (QED) is 0.440. The van der Waals surface area contributed by atoms with Gasteiger partial charge in [0.25, 0.3) is 0 Å². The van der Waals surface area contributed by atoms with Gasteiger partial charge in [-0.15, -0.1) is 6.58 Å². The summed E-state index contributed by atoms with van der Waals surface area (Å²) in [5, 5.41) is 0. The van der Waals surface area contributed by atoms with E-state index in [2.05, 4.69) is 11.6 Å². The molecule has 0 aliphatic carbocycles. The molecule has 0 amide bonds. The minimum atomic E-state index is 0.0619. The van der Waals surface area contributed by atoms with Gasteiger partial charge in [0.15, 0.2) is 5.78 Å². The summed E-state index contributed by atoms with van der Waals surface area (Å²) < 4.78 is 0. The highest BCUT2D eigenvalue weighted by molar-refractivity contribution is 5.94. The second-order valence-electron chi connectivity index (χ2n) is 3.08. The first-order chi connectivity index (χ1) is 6.74. The molecule has 74 valence electrons. The van der Waals surface area contributed by atoms with Gasteiger partial charge in [-0.25, -0.2) is 0 Å². The largest absolute Gasteiger partial charge is 0.397 e. The van der Waals surface area contributed by atoms with E-state index in [1.54, 1.807) is 12.1 Å². The number of carbonyl (C=O) groups is 1. The van der Waals surface area contributed by atoms with Crippen molar-refractivity contribution in [3.63, 3.8) is 0 Å². The number of Topliss-reactive ketones (excluding diaryl/α,β-unsaturated/α-hetero) is 1. The standard InChI is InChI=1S/C11H14N2O/c1-2-3-4-5-11(14)10-7-6-9(12)8-13-10/h2,6-8H,1,3-5,12H2. The van der Waals surface area contributed by atoms with Gasteiger partial charge in [0.1, 0.15) is 5.69 Å². The van der Waals surface area contributed by atoms with Crippen LogP contribution < -0.4 is 5.73 Å². The summed E-state index contributed by atoms with van der Waals surface area (Å²) in [6.07, 6.45) is 5.52. The number of hydrogen-bond acceptors (Lipinski definition) is 3. The summed E-state index contributed by atoms with van der Waals surface area (Å²) in [6.45, 7) is 3.60. The van der Waals surface area contributed by atoms with Crippen molar-refractivity contribution in [1.29, 1.82) is 0 Å². The van der Waals surface area contributed by atoms with Gasteiger partial charge in [-0.3, -0.25) is 9.78 Å². The lowest BCUT2D eigenvalue weighted by Gasteiger charge is -1.99. The lowest BCUT2D eigenvalue weighted by atomic mass is 10.1. The first-order valence-corrected chi connectivity index (χ1v) is 4.59. The highest BCUT2D eigenvalue weighted by Crippen LogP contribution is 2.06. The maximum atomic E-state index is 11.5. The zero-order valence-electron chi connectivity index (χ0n) is 8.07. The molecule has 1 aromatic rings. The van der Waals surface area contributed by atoms with Crippen molar-refractivity contribution in [3.05, 3.63) is 36.7 Å². The Labute approximate surface area is 83.7 Å². The fourth-order valence-electron chi connectivity index (χ4n) is 1.11. The normalized spacial score (nSPS) is 9.71. The Balaban J connectivity index is 2.52. The Morgan fingerprint density at radius 1 is 1.57 bits per heavy atom. The first-order valence-electron chi connectivity index (χ1n) is 4.59. The molecule has 1 rings (SSSR count). The van der Waals surface area contributed by atoms with E-state index in [0.717, 1.165) is 12.8 Å². The lowest BCUT2D eigenvalue weighted by molar-refractivity contribution is 0.0975. The summed E-state index contributed by atoms with van der Waals surface area (Å²) >= 11 is 0. The van der Waals surface area contributed by atoms with Crippen molar-refractivity contribution >= 4 is 11.5 Å². The number of rotatable bonds is 5. The minimum Gasteiger partial charge on any atom is -0.397 e. The number of nitrogens with two attached hydrogens (primary N) is 1. The summed E-state index contributed by atoms with van der Waals surface area (Å²) in [7, 11) is 0. The predicted octanol–water partition coefficient (Wildman–Crippen LogP) is 2.20. The van der Waals surface area contributed by atoms with Crippen LogP contribution in [-0.4, -0.2) is 10.8 Å². The zero-order chi connectivity index (χ0) is 10.4. The van der Waals surface area contributed by atoms with Crippen LogP contribution in [0.1, 0.15) is 29.8 Å². The van der Waals surface area contributed by atoms with Gasteiger partial charge in [-0.2, -0.15) is 0 Å². The number of carbonyl (C=O) groups excluding carboxylic acids is 1. The van der Waals surface area contributed by atoms with Gasteiger partial charge >= 0.3 is 0 Å². The summed E-state index contributed by atoms with van der Waals surface area (Å²) in [4.78, 5) is 15.4. The minimum absolute atomic E-state index is 0.0619. The molecule has 0 atom stereocenters. The topological polar surface area (TPSA) is 56.0 Å². The summed E-state index contributed by atoms with van der Waals surface area (Å²) in [5.41, 5.74) is 6.53. The van der Waals surface area contributed by atoms with Crippen molar-refractivity contribution in [3.8, 4) is 0 Å². The molecule has 0 aliphatic rings. The van der Waals surface area contributed by atoms with E-state index in [1.807, 2.05) is 6.08 Å². The highest BCUT2D eigenvalue weighted by Gasteiger charge is 2.05. The molecule has 0 aliphatic heterocycles. The number of pyridine rings is 1. The molecule has 14 heavy (non-hydrogen) atoms. The number of nitrogens with zero attached hydrogens (tertiary/aromatic N) is 1. The molecule has 3 nitrogen and oxygen atoms in total. The average molecular weight is 190 g/mol. The van der Waals surface area contributed by atoms with Crippen LogP contribution in [0.5, 0.6) is 0 Å². The molecule has 0 spiro atoms. The van der Waals surface area contributed by atoms with Crippen molar-refractivity contribution in [2.45, 2.75) is 19.3 Å². The number of allylic oxidation sites excluding steroid dienone is 1. The summed E-state index contributed by atoms with van der Waals surface area (Å²) in [6, 6.07) is 3.35. The van der Waals surface area contributed by atoms with Gasteiger partial charge in [0, 0.05) is 6.42 Å². The Bertz CT molecular complexity index is 317. The smallest absolute Gasteiger partial charge is 0.181 e.